The molecule has 2 aromatic rings. The molecule has 0 bridgehead atoms. The van der Waals surface area contributed by atoms with Gasteiger partial charge in [0.25, 0.3) is 0 Å². The first-order valence-corrected chi connectivity index (χ1v) is 7.20. The third kappa shape index (κ3) is 5.47. The number of aryl methyl sites for hydroxylation is 1. The predicted octanol–water partition coefficient (Wildman–Crippen LogP) is -0.555. The Kier molecular flexibility index (Phi) is 6.23. The maximum Gasteiger partial charge on any atom is 1.00 e. The van der Waals surface area contributed by atoms with Gasteiger partial charge in [0.05, 0.1) is 10.1 Å². The fraction of sp³-hybridized carbons (Fsp3) is 0.143. The number of hydrogen-bond acceptors (Lipinski definition) is 3. The van der Waals surface area contributed by atoms with E-state index in [1.54, 1.807) is 0 Å². The molecule has 2 aromatic carbocycles. The van der Waals surface area contributed by atoms with Crippen LogP contribution in [0.1, 0.15) is 5.56 Å². The Bertz CT molecular complexity index is 607. The summed E-state index contributed by atoms with van der Waals surface area (Å²) in [5.74, 6) is -0.350. The summed E-state index contributed by atoms with van der Waals surface area (Å²) in [6.07, 6.45) is 0.265. The van der Waals surface area contributed by atoms with Crippen molar-refractivity contribution in [2.24, 2.45) is 0 Å². The van der Waals surface area contributed by atoms with Crippen LogP contribution >= 0.6 is 0 Å². The minimum Gasteiger partial charge on any atom is -0.748 e. The van der Waals surface area contributed by atoms with Gasteiger partial charge in [-0.1, -0.05) is 54.6 Å². The van der Waals surface area contributed by atoms with Crippen LogP contribution in [-0.2, 0) is 16.5 Å². The molecule has 0 unspecified atom stereocenters. The van der Waals surface area contributed by atoms with Crippen LogP contribution in [0.3, 0.4) is 0 Å². The van der Waals surface area contributed by atoms with Crippen molar-refractivity contribution < 1.29 is 42.5 Å². The van der Waals surface area contributed by atoms with Crippen molar-refractivity contribution >= 4 is 10.1 Å². The number of hydrogen-bond donors (Lipinski definition) is 0. The van der Waals surface area contributed by atoms with Crippen LogP contribution in [0, 0.1) is 0 Å². The van der Waals surface area contributed by atoms with Crippen molar-refractivity contribution in [1.82, 2.24) is 0 Å². The molecule has 0 fully saturated rings. The fourth-order valence-corrected chi connectivity index (χ4v) is 2.22. The van der Waals surface area contributed by atoms with Crippen molar-refractivity contribution in [2.45, 2.75) is 6.42 Å². The molecule has 0 radical (unpaired) electrons. The molecule has 0 amide bonds. The van der Waals surface area contributed by atoms with Gasteiger partial charge in [0.1, 0.15) is 0 Å². The van der Waals surface area contributed by atoms with Gasteiger partial charge in [-0.05, 0) is 23.1 Å². The molecule has 0 aromatic heterocycles. The molecule has 0 aliphatic carbocycles. The molecular weight excluding hydrogens is 271 g/mol. The second-order valence-corrected chi connectivity index (χ2v) is 5.60. The topological polar surface area (TPSA) is 57.2 Å². The van der Waals surface area contributed by atoms with E-state index in [0.29, 0.717) is 0 Å². The van der Waals surface area contributed by atoms with Crippen LogP contribution < -0.4 is 29.6 Å². The molecular formula is C14H13NaO3S. The molecule has 0 heterocycles. The summed E-state index contributed by atoms with van der Waals surface area (Å²) in [6.45, 7) is 0. The SMILES string of the molecule is O=S(=O)([O-])CCc1ccc(-c2ccccc2)cc1.[Na+]. The third-order valence-electron chi connectivity index (χ3n) is 2.70. The smallest absolute Gasteiger partial charge is 0.748 e. The average molecular weight is 284 g/mol. The first-order chi connectivity index (χ1) is 8.54. The van der Waals surface area contributed by atoms with Crippen LogP contribution in [0.25, 0.3) is 11.1 Å². The van der Waals surface area contributed by atoms with Crippen LogP contribution in [0.2, 0.25) is 0 Å². The summed E-state index contributed by atoms with van der Waals surface area (Å²) < 4.78 is 31.6. The van der Waals surface area contributed by atoms with E-state index in [9.17, 15) is 13.0 Å². The Morgan fingerprint density at radius 1 is 0.842 bits per heavy atom. The summed E-state index contributed by atoms with van der Waals surface area (Å²) in [5, 5.41) is 0. The molecule has 5 heteroatoms. The normalized spacial score (nSPS) is 10.8. The van der Waals surface area contributed by atoms with Gasteiger partial charge in [0.15, 0.2) is 0 Å². The van der Waals surface area contributed by atoms with E-state index in [-0.39, 0.29) is 41.7 Å². The Labute approximate surface area is 135 Å². The number of rotatable bonds is 4. The zero-order valence-corrected chi connectivity index (χ0v) is 13.6. The second-order valence-electron chi connectivity index (χ2n) is 4.07. The molecule has 0 N–H and O–H groups in total. The van der Waals surface area contributed by atoms with E-state index in [1.165, 1.54) is 0 Å². The Morgan fingerprint density at radius 3 is 1.89 bits per heavy atom. The monoisotopic (exact) mass is 284 g/mol. The Morgan fingerprint density at radius 2 is 1.37 bits per heavy atom. The molecule has 0 aliphatic rings. The molecule has 0 spiro atoms. The van der Waals surface area contributed by atoms with Gasteiger partial charge >= 0.3 is 29.6 Å². The van der Waals surface area contributed by atoms with Gasteiger partial charge in [-0.3, -0.25) is 0 Å². The van der Waals surface area contributed by atoms with Gasteiger partial charge in [-0.2, -0.15) is 0 Å². The van der Waals surface area contributed by atoms with Gasteiger partial charge in [0, 0.05) is 5.75 Å². The van der Waals surface area contributed by atoms with Crippen LogP contribution in [-0.4, -0.2) is 18.7 Å². The molecule has 94 valence electrons. The maximum atomic E-state index is 10.5. The molecule has 0 saturated heterocycles. The van der Waals surface area contributed by atoms with Crippen LogP contribution in [0.5, 0.6) is 0 Å². The molecule has 0 atom stereocenters. The van der Waals surface area contributed by atoms with Crippen LogP contribution in [0.15, 0.2) is 54.6 Å². The van der Waals surface area contributed by atoms with E-state index in [1.807, 2.05) is 54.6 Å². The Balaban J connectivity index is 0.00000180. The van der Waals surface area contributed by atoms with Crippen molar-refractivity contribution in [3.8, 4) is 11.1 Å². The van der Waals surface area contributed by atoms with E-state index >= 15 is 0 Å². The quantitative estimate of drug-likeness (QED) is 0.559. The van der Waals surface area contributed by atoms with Gasteiger partial charge in [-0.25, -0.2) is 8.42 Å². The van der Waals surface area contributed by atoms with Crippen LogP contribution in [0.4, 0.5) is 0 Å². The maximum absolute atomic E-state index is 10.5. The average Bonchev–Trinajstić information content (AvgIpc) is 2.37. The summed E-state index contributed by atoms with van der Waals surface area (Å²) >= 11 is 0. The molecule has 0 aliphatic heterocycles. The zero-order chi connectivity index (χ0) is 13.0. The van der Waals surface area contributed by atoms with Gasteiger partial charge in [-0.15, -0.1) is 0 Å². The zero-order valence-electron chi connectivity index (χ0n) is 10.7. The molecule has 2 rings (SSSR count). The molecule has 19 heavy (non-hydrogen) atoms. The standard InChI is InChI=1S/C14H14O3S.Na/c15-18(16,17)11-10-12-6-8-14(9-7-12)13-4-2-1-3-5-13;/h1-9H,10-11H2,(H,15,16,17);/q;+1/p-1. The fourth-order valence-electron chi connectivity index (χ4n) is 1.74. The van der Waals surface area contributed by atoms with Gasteiger partial charge < -0.3 is 4.55 Å². The number of benzene rings is 2. The second kappa shape index (κ2) is 7.22. The predicted molar refractivity (Wildman–Crippen MR) is 70.1 cm³/mol. The van der Waals surface area contributed by atoms with Crippen molar-refractivity contribution in [3.63, 3.8) is 0 Å². The minimum atomic E-state index is -4.13. The summed E-state index contributed by atoms with van der Waals surface area (Å²) in [4.78, 5) is 0. The van der Waals surface area contributed by atoms with Crippen molar-refractivity contribution in [1.29, 1.82) is 0 Å². The molecule has 0 saturated carbocycles. The minimum absolute atomic E-state index is 0. The van der Waals surface area contributed by atoms with E-state index < -0.39 is 10.1 Å². The van der Waals surface area contributed by atoms with E-state index in [0.717, 1.165) is 16.7 Å². The van der Waals surface area contributed by atoms with E-state index in [2.05, 4.69) is 0 Å². The first-order valence-electron chi connectivity index (χ1n) is 5.62. The molecule has 3 nitrogen and oxygen atoms in total. The van der Waals surface area contributed by atoms with Crippen molar-refractivity contribution in [3.05, 3.63) is 60.2 Å². The van der Waals surface area contributed by atoms with E-state index in [4.69, 9.17) is 0 Å². The van der Waals surface area contributed by atoms with Crippen molar-refractivity contribution in [2.75, 3.05) is 5.75 Å². The summed E-state index contributed by atoms with van der Waals surface area (Å²) in [6, 6.07) is 17.5. The largest absolute Gasteiger partial charge is 1.00 e. The van der Waals surface area contributed by atoms with Gasteiger partial charge in [0.2, 0.25) is 0 Å². The third-order valence-corrected chi connectivity index (χ3v) is 3.41. The Hall–Kier alpha value is -0.650. The first kappa shape index (κ1) is 16.4. The summed E-state index contributed by atoms with van der Waals surface area (Å²) in [5.41, 5.74) is 3.04. The summed E-state index contributed by atoms with van der Waals surface area (Å²) in [7, 11) is -4.13.